The first-order valence-electron chi connectivity index (χ1n) is 13.3. The molecule has 1 saturated heterocycles. The highest BCUT2D eigenvalue weighted by molar-refractivity contribution is 5.99. The van der Waals surface area contributed by atoms with Crippen LogP contribution in [0, 0.1) is 0 Å². The fourth-order valence-electron chi connectivity index (χ4n) is 5.05. The number of primary amides is 1. The van der Waals surface area contributed by atoms with Gasteiger partial charge in [0.05, 0.1) is 24.1 Å². The third kappa shape index (κ3) is 8.01. The van der Waals surface area contributed by atoms with Gasteiger partial charge >= 0.3 is 6.18 Å². The van der Waals surface area contributed by atoms with Gasteiger partial charge < -0.3 is 21.5 Å². The van der Waals surface area contributed by atoms with Gasteiger partial charge in [-0.2, -0.15) is 13.2 Å². The van der Waals surface area contributed by atoms with Crippen LogP contribution in [-0.4, -0.2) is 76.2 Å². The van der Waals surface area contributed by atoms with Crippen LogP contribution in [0.15, 0.2) is 66.7 Å². The van der Waals surface area contributed by atoms with Gasteiger partial charge in [-0.15, -0.1) is 0 Å². The molecule has 3 aromatic rings. The number of aliphatic hydroxyl groups is 1. The van der Waals surface area contributed by atoms with Crippen LogP contribution in [-0.2, 0) is 16.0 Å². The Morgan fingerprint density at radius 2 is 1.73 bits per heavy atom. The average molecular weight is 572 g/mol. The quantitative estimate of drug-likeness (QED) is 0.279. The van der Waals surface area contributed by atoms with Crippen molar-refractivity contribution in [3.8, 4) is 0 Å². The first kappa shape index (κ1) is 29.9. The lowest BCUT2D eigenvalue weighted by Gasteiger charge is -2.32. The van der Waals surface area contributed by atoms with Gasteiger partial charge in [0.25, 0.3) is 5.91 Å². The normalized spacial score (nSPS) is 18.0. The summed E-state index contributed by atoms with van der Waals surface area (Å²) in [6.45, 7) is -0.165. The number of nitrogens with two attached hydrogens (primary N) is 1. The summed E-state index contributed by atoms with van der Waals surface area (Å²) in [5.41, 5.74) is 6.64. The van der Waals surface area contributed by atoms with Crippen molar-refractivity contribution in [1.82, 2.24) is 20.5 Å². The van der Waals surface area contributed by atoms with E-state index in [1.165, 1.54) is 11.0 Å². The van der Waals surface area contributed by atoms with E-state index in [4.69, 9.17) is 5.73 Å². The minimum absolute atomic E-state index is 0.0130. The number of carbonyl (C=O) groups excluding carboxylic acids is 3. The number of likely N-dealkylation sites (tertiary alicyclic amines) is 1. The second-order valence-electron chi connectivity index (χ2n) is 10.2. The van der Waals surface area contributed by atoms with Crippen LogP contribution in [0.2, 0.25) is 0 Å². The van der Waals surface area contributed by atoms with Crippen LogP contribution in [0.5, 0.6) is 0 Å². The molecule has 0 radical (unpaired) electrons. The zero-order valence-corrected chi connectivity index (χ0v) is 22.2. The highest BCUT2D eigenvalue weighted by atomic mass is 19.4. The standard InChI is InChI=1S/C29H32F3N5O4/c30-29(31,32)25-11-6-14-37(25)17-24(38)22(15-18-7-2-1-3-8-18)35-28(41)23(16-26(33)39)36-27(40)21-13-12-19-9-4-5-10-20(19)34-21/h1-5,7-10,12-13,22-25,38H,6,11,14-17H2,(H2,33,39)(H,35,41)(H,36,40). The molecule has 12 heteroatoms. The number of rotatable bonds is 11. The molecule has 1 fully saturated rings. The SMILES string of the molecule is NC(=O)CC(NC(=O)c1ccc2ccccc2n1)C(=O)NC(Cc1ccccc1)C(O)CN1CCCC1C(F)(F)F. The summed E-state index contributed by atoms with van der Waals surface area (Å²) in [4.78, 5) is 43.6. The number of amides is 3. The number of hydrogen-bond acceptors (Lipinski definition) is 6. The zero-order chi connectivity index (χ0) is 29.6. The fraction of sp³-hybridized carbons (Fsp3) is 0.379. The monoisotopic (exact) mass is 571 g/mol. The van der Waals surface area contributed by atoms with Crippen molar-refractivity contribution >= 4 is 28.6 Å². The molecule has 0 saturated carbocycles. The van der Waals surface area contributed by atoms with Gasteiger partial charge in [-0.3, -0.25) is 19.3 Å². The minimum Gasteiger partial charge on any atom is -0.390 e. The summed E-state index contributed by atoms with van der Waals surface area (Å²) < 4.78 is 40.5. The van der Waals surface area contributed by atoms with E-state index in [0.29, 0.717) is 11.9 Å². The number of aromatic nitrogens is 1. The number of benzene rings is 2. The number of nitrogens with one attached hydrogen (secondary N) is 2. The molecule has 1 aliphatic rings. The molecular weight excluding hydrogens is 539 g/mol. The summed E-state index contributed by atoms with van der Waals surface area (Å²) in [5, 5.41) is 17.0. The smallest absolute Gasteiger partial charge is 0.390 e. The summed E-state index contributed by atoms with van der Waals surface area (Å²) in [6, 6.07) is 15.0. The average Bonchev–Trinajstić information content (AvgIpc) is 3.41. The molecule has 5 N–H and O–H groups in total. The van der Waals surface area contributed by atoms with Crippen LogP contribution >= 0.6 is 0 Å². The van der Waals surface area contributed by atoms with E-state index in [0.717, 1.165) is 10.9 Å². The van der Waals surface area contributed by atoms with Gasteiger partial charge in [0.2, 0.25) is 11.8 Å². The number of β-amino-alcohol motifs (C(OH)–C–C–N with tert-alkyl or cyclic N) is 1. The van der Waals surface area contributed by atoms with E-state index in [1.807, 2.05) is 12.1 Å². The molecule has 0 bridgehead atoms. The Hall–Kier alpha value is -4.03. The van der Waals surface area contributed by atoms with Crippen LogP contribution in [0.4, 0.5) is 13.2 Å². The molecule has 0 spiro atoms. The van der Waals surface area contributed by atoms with Crippen LogP contribution in [0.3, 0.4) is 0 Å². The molecule has 0 aliphatic carbocycles. The first-order chi connectivity index (χ1) is 19.5. The van der Waals surface area contributed by atoms with E-state index < -0.39 is 54.5 Å². The van der Waals surface area contributed by atoms with Crippen molar-refractivity contribution in [2.24, 2.45) is 5.73 Å². The topological polar surface area (TPSA) is 138 Å². The van der Waals surface area contributed by atoms with Crippen LogP contribution in [0.25, 0.3) is 10.9 Å². The number of aliphatic hydroxyl groups excluding tert-OH is 1. The maximum Gasteiger partial charge on any atom is 0.404 e. The maximum atomic E-state index is 13.5. The highest BCUT2D eigenvalue weighted by Crippen LogP contribution is 2.32. The van der Waals surface area contributed by atoms with E-state index in [9.17, 15) is 32.7 Å². The van der Waals surface area contributed by atoms with Gasteiger partial charge in [-0.1, -0.05) is 54.6 Å². The predicted octanol–water partition coefficient (Wildman–Crippen LogP) is 2.32. The minimum atomic E-state index is -4.44. The lowest BCUT2D eigenvalue weighted by Crippen LogP contribution is -2.56. The van der Waals surface area contributed by atoms with Crippen LogP contribution < -0.4 is 16.4 Å². The van der Waals surface area contributed by atoms with E-state index >= 15 is 0 Å². The molecular formula is C29H32F3N5O4. The molecule has 9 nitrogen and oxygen atoms in total. The Morgan fingerprint density at radius 1 is 1.02 bits per heavy atom. The third-order valence-corrected chi connectivity index (χ3v) is 7.11. The number of carbonyl (C=O) groups is 3. The molecule has 3 amide bonds. The van der Waals surface area contributed by atoms with Crippen molar-refractivity contribution < 1.29 is 32.7 Å². The van der Waals surface area contributed by atoms with Gasteiger partial charge in [0.1, 0.15) is 17.8 Å². The van der Waals surface area contributed by atoms with E-state index in [1.54, 1.807) is 48.5 Å². The molecule has 4 unspecified atom stereocenters. The molecule has 1 aromatic heterocycles. The Balaban J connectivity index is 1.52. The number of alkyl halides is 3. The van der Waals surface area contributed by atoms with Crippen molar-refractivity contribution in [3.63, 3.8) is 0 Å². The zero-order valence-electron chi connectivity index (χ0n) is 22.2. The number of halogens is 3. The molecule has 4 rings (SSSR count). The number of fused-ring (bicyclic) bond motifs is 1. The molecule has 2 aromatic carbocycles. The number of para-hydroxylation sites is 1. The van der Waals surface area contributed by atoms with Crippen LogP contribution in [0.1, 0.15) is 35.3 Å². The lowest BCUT2D eigenvalue weighted by molar-refractivity contribution is -0.178. The van der Waals surface area contributed by atoms with Crippen molar-refractivity contribution in [2.45, 2.75) is 56.1 Å². The number of hydrogen-bond donors (Lipinski definition) is 4. The van der Waals surface area contributed by atoms with Gasteiger partial charge in [-0.25, -0.2) is 4.98 Å². The largest absolute Gasteiger partial charge is 0.404 e. The third-order valence-electron chi connectivity index (χ3n) is 7.11. The van der Waals surface area contributed by atoms with Crippen molar-refractivity contribution in [1.29, 1.82) is 0 Å². The maximum absolute atomic E-state index is 13.5. The fourth-order valence-corrected chi connectivity index (χ4v) is 5.05. The van der Waals surface area contributed by atoms with Gasteiger partial charge in [0, 0.05) is 11.9 Å². The molecule has 41 heavy (non-hydrogen) atoms. The predicted molar refractivity (Wildman–Crippen MR) is 146 cm³/mol. The second-order valence-corrected chi connectivity index (χ2v) is 10.2. The van der Waals surface area contributed by atoms with Crippen molar-refractivity contribution in [3.05, 3.63) is 78.0 Å². The summed E-state index contributed by atoms with van der Waals surface area (Å²) in [5.74, 6) is -2.39. The van der Waals surface area contributed by atoms with Crippen molar-refractivity contribution in [2.75, 3.05) is 13.1 Å². The summed E-state index contributed by atoms with van der Waals surface area (Å²) >= 11 is 0. The van der Waals surface area contributed by atoms with Gasteiger partial charge in [0.15, 0.2) is 0 Å². The molecule has 4 atom stereocenters. The van der Waals surface area contributed by atoms with Gasteiger partial charge in [-0.05, 0) is 43.5 Å². The first-order valence-corrected chi connectivity index (χ1v) is 13.3. The summed E-state index contributed by atoms with van der Waals surface area (Å²) in [6.07, 6.45) is -6.00. The second kappa shape index (κ2) is 13.1. The lowest BCUT2D eigenvalue weighted by atomic mass is 9.99. The Bertz CT molecular complexity index is 1370. The van der Waals surface area contributed by atoms with E-state index in [-0.39, 0.29) is 31.6 Å². The Kier molecular flexibility index (Phi) is 9.56. The molecule has 2 heterocycles. The number of nitrogens with zero attached hydrogens (tertiary/aromatic N) is 2. The Morgan fingerprint density at radius 3 is 2.44 bits per heavy atom. The molecule has 1 aliphatic heterocycles. The highest BCUT2D eigenvalue weighted by Gasteiger charge is 2.46. The van der Waals surface area contributed by atoms with E-state index in [2.05, 4.69) is 15.6 Å². The summed E-state index contributed by atoms with van der Waals surface area (Å²) in [7, 11) is 0. The molecule has 218 valence electrons. The Labute approximate surface area is 234 Å². The number of pyridine rings is 1.